The average Bonchev–Trinajstić information content (AvgIpc) is 3.25. The summed E-state index contributed by atoms with van der Waals surface area (Å²) < 4.78 is 10.8. The van der Waals surface area contributed by atoms with Crippen LogP contribution in [0, 0.1) is 0 Å². The maximum absolute atomic E-state index is 12.5. The SMILES string of the molecule is C[C@H]1C[C@@H]2O[C@H]2/C=C\C=C\C(=O)Cc2c(Cl)c(O)cc(O)c2C(=O)O1. The van der Waals surface area contributed by atoms with Crippen molar-refractivity contribution in [1.29, 1.82) is 0 Å². The molecule has 0 bridgehead atoms. The number of benzene rings is 1. The average molecular weight is 365 g/mol. The van der Waals surface area contributed by atoms with Crippen LogP contribution < -0.4 is 0 Å². The van der Waals surface area contributed by atoms with Crippen LogP contribution in [0.3, 0.4) is 0 Å². The van der Waals surface area contributed by atoms with Gasteiger partial charge in [-0.15, -0.1) is 0 Å². The highest BCUT2D eigenvalue weighted by molar-refractivity contribution is 6.33. The van der Waals surface area contributed by atoms with E-state index in [2.05, 4.69) is 0 Å². The van der Waals surface area contributed by atoms with Crippen molar-refractivity contribution in [3.8, 4) is 11.5 Å². The maximum atomic E-state index is 12.5. The largest absolute Gasteiger partial charge is 0.507 e. The number of carbonyl (C=O) groups excluding carboxylic acids is 2. The van der Waals surface area contributed by atoms with Gasteiger partial charge in [-0.1, -0.05) is 29.8 Å². The number of carbonyl (C=O) groups is 2. The van der Waals surface area contributed by atoms with E-state index in [0.717, 1.165) is 6.07 Å². The second-order valence-corrected chi connectivity index (χ2v) is 6.44. The van der Waals surface area contributed by atoms with Gasteiger partial charge in [0.1, 0.15) is 29.3 Å². The van der Waals surface area contributed by atoms with Gasteiger partial charge in [0, 0.05) is 24.5 Å². The topological polar surface area (TPSA) is 96.4 Å². The molecule has 3 rings (SSSR count). The lowest BCUT2D eigenvalue weighted by molar-refractivity contribution is -0.114. The number of ether oxygens (including phenoxy) is 2. The highest BCUT2D eigenvalue weighted by Crippen LogP contribution is 2.37. The van der Waals surface area contributed by atoms with Crippen molar-refractivity contribution in [2.45, 2.75) is 38.1 Å². The van der Waals surface area contributed by atoms with Crippen LogP contribution in [0.4, 0.5) is 0 Å². The molecule has 1 fully saturated rings. The summed E-state index contributed by atoms with van der Waals surface area (Å²) in [5.41, 5.74) is -0.176. The molecule has 2 aliphatic heterocycles. The number of phenols is 2. The summed E-state index contributed by atoms with van der Waals surface area (Å²) in [6, 6.07) is 0.958. The molecule has 0 aliphatic carbocycles. The zero-order valence-corrected chi connectivity index (χ0v) is 14.2. The quantitative estimate of drug-likeness (QED) is 0.542. The number of aromatic hydroxyl groups is 2. The second-order valence-electron chi connectivity index (χ2n) is 6.06. The van der Waals surface area contributed by atoms with Gasteiger partial charge < -0.3 is 19.7 Å². The van der Waals surface area contributed by atoms with Gasteiger partial charge in [0.25, 0.3) is 0 Å². The van der Waals surface area contributed by atoms with Crippen molar-refractivity contribution in [2.75, 3.05) is 0 Å². The molecule has 2 heterocycles. The predicted octanol–water partition coefficient (Wildman–Crippen LogP) is 2.69. The number of phenolic OH excluding ortho intramolecular Hbond substituents is 2. The van der Waals surface area contributed by atoms with Gasteiger partial charge in [-0.25, -0.2) is 4.79 Å². The number of allylic oxidation sites excluding steroid dienone is 3. The van der Waals surface area contributed by atoms with E-state index in [1.54, 1.807) is 19.1 Å². The normalized spacial score (nSPS) is 29.0. The van der Waals surface area contributed by atoms with E-state index in [1.165, 1.54) is 6.08 Å². The number of fused-ring (bicyclic) bond motifs is 2. The predicted molar refractivity (Wildman–Crippen MR) is 89.9 cm³/mol. The molecule has 1 aromatic carbocycles. The van der Waals surface area contributed by atoms with Crippen molar-refractivity contribution >= 4 is 23.4 Å². The van der Waals surface area contributed by atoms with Crippen molar-refractivity contribution in [3.05, 3.63) is 46.5 Å². The fourth-order valence-corrected chi connectivity index (χ4v) is 3.00. The van der Waals surface area contributed by atoms with Gasteiger partial charge in [0.05, 0.1) is 11.1 Å². The standard InChI is InChI=1S/C18H17ClO6/c1-9-6-15-14(25-15)5-3-2-4-10(20)7-11-16(18(23)24-9)12(21)8-13(22)17(11)19/h2-5,8-9,14-15,21-22H,6-7H2,1H3/b4-2+,5-3-/t9-,14-,15-/m0/s1. The van der Waals surface area contributed by atoms with Crippen molar-refractivity contribution in [2.24, 2.45) is 0 Å². The summed E-state index contributed by atoms with van der Waals surface area (Å²) in [7, 11) is 0. The van der Waals surface area contributed by atoms with E-state index in [0.29, 0.717) is 6.42 Å². The summed E-state index contributed by atoms with van der Waals surface area (Å²) in [4.78, 5) is 24.6. The van der Waals surface area contributed by atoms with Gasteiger partial charge >= 0.3 is 5.97 Å². The first-order valence-electron chi connectivity index (χ1n) is 7.84. The van der Waals surface area contributed by atoms with E-state index in [9.17, 15) is 19.8 Å². The Morgan fingerprint density at radius 1 is 1.20 bits per heavy atom. The number of esters is 1. The van der Waals surface area contributed by atoms with Gasteiger partial charge in [-0.2, -0.15) is 0 Å². The molecular weight excluding hydrogens is 348 g/mol. The molecule has 132 valence electrons. The van der Waals surface area contributed by atoms with Crippen LogP contribution in [0.2, 0.25) is 5.02 Å². The number of cyclic esters (lactones) is 1. The summed E-state index contributed by atoms with van der Waals surface area (Å²) in [6.45, 7) is 1.72. The number of hydrogen-bond donors (Lipinski definition) is 2. The van der Waals surface area contributed by atoms with Crippen molar-refractivity contribution in [3.63, 3.8) is 0 Å². The molecule has 0 radical (unpaired) electrons. The summed E-state index contributed by atoms with van der Waals surface area (Å²) in [5, 5.41) is 19.7. The molecular formula is C18H17ClO6. The fraction of sp³-hybridized carbons (Fsp3) is 0.333. The van der Waals surface area contributed by atoms with Gasteiger partial charge in [0.2, 0.25) is 0 Å². The first kappa shape index (κ1) is 17.5. The molecule has 3 atom stereocenters. The van der Waals surface area contributed by atoms with Crippen molar-refractivity contribution < 1.29 is 29.3 Å². The Morgan fingerprint density at radius 3 is 2.72 bits per heavy atom. The Hall–Kier alpha value is -2.31. The molecule has 1 saturated heterocycles. The zero-order valence-electron chi connectivity index (χ0n) is 13.4. The molecule has 0 saturated carbocycles. The van der Waals surface area contributed by atoms with Crippen LogP contribution in [0.1, 0.15) is 29.3 Å². The molecule has 1 aromatic rings. The molecule has 7 heteroatoms. The molecule has 0 amide bonds. The molecule has 0 aromatic heterocycles. The Morgan fingerprint density at radius 2 is 1.96 bits per heavy atom. The van der Waals surface area contributed by atoms with Crippen LogP contribution in [0.25, 0.3) is 0 Å². The smallest absolute Gasteiger partial charge is 0.342 e. The lowest BCUT2D eigenvalue weighted by Gasteiger charge is -2.16. The Balaban J connectivity index is 2.01. The van der Waals surface area contributed by atoms with Crippen LogP contribution in [-0.2, 0) is 20.7 Å². The van der Waals surface area contributed by atoms with Crippen LogP contribution in [-0.4, -0.2) is 40.3 Å². The first-order chi connectivity index (χ1) is 11.9. The van der Waals surface area contributed by atoms with Gasteiger partial charge in [-0.3, -0.25) is 4.79 Å². The van der Waals surface area contributed by atoms with E-state index >= 15 is 0 Å². The molecule has 2 N–H and O–H groups in total. The van der Waals surface area contributed by atoms with E-state index in [4.69, 9.17) is 21.1 Å². The van der Waals surface area contributed by atoms with E-state index in [1.807, 2.05) is 6.08 Å². The zero-order chi connectivity index (χ0) is 18.1. The molecule has 6 nitrogen and oxygen atoms in total. The van der Waals surface area contributed by atoms with Gasteiger partial charge in [-0.05, 0) is 13.0 Å². The molecule has 0 spiro atoms. The Kier molecular flexibility index (Phi) is 4.83. The van der Waals surface area contributed by atoms with Crippen LogP contribution in [0.15, 0.2) is 30.4 Å². The summed E-state index contributed by atoms with van der Waals surface area (Å²) in [6.07, 6.45) is 6.13. The fourth-order valence-electron chi connectivity index (χ4n) is 2.78. The minimum Gasteiger partial charge on any atom is -0.507 e. The van der Waals surface area contributed by atoms with Crippen LogP contribution in [0.5, 0.6) is 11.5 Å². The summed E-state index contributed by atoms with van der Waals surface area (Å²) in [5.74, 6) is -2.04. The maximum Gasteiger partial charge on any atom is 0.342 e. The van der Waals surface area contributed by atoms with E-state index < -0.39 is 23.6 Å². The molecule has 2 aliphatic rings. The number of epoxide rings is 1. The number of ketones is 1. The van der Waals surface area contributed by atoms with E-state index in [-0.39, 0.29) is 40.6 Å². The minimum atomic E-state index is -0.802. The number of hydrogen-bond acceptors (Lipinski definition) is 6. The Labute approximate surface area is 149 Å². The minimum absolute atomic E-state index is 0.0348. The number of rotatable bonds is 0. The highest BCUT2D eigenvalue weighted by Gasteiger charge is 2.38. The summed E-state index contributed by atoms with van der Waals surface area (Å²) >= 11 is 6.05. The number of halogens is 1. The monoisotopic (exact) mass is 364 g/mol. The molecule has 25 heavy (non-hydrogen) atoms. The third kappa shape index (κ3) is 3.86. The lowest BCUT2D eigenvalue weighted by Crippen LogP contribution is -2.19. The third-order valence-corrected chi connectivity index (χ3v) is 4.49. The Bertz CT molecular complexity index is 782. The van der Waals surface area contributed by atoms with Gasteiger partial charge in [0.15, 0.2) is 5.78 Å². The second kappa shape index (κ2) is 6.90. The third-order valence-electron chi connectivity index (χ3n) is 4.06. The lowest BCUT2D eigenvalue weighted by atomic mass is 10.00. The highest BCUT2D eigenvalue weighted by atomic mass is 35.5. The van der Waals surface area contributed by atoms with Crippen molar-refractivity contribution in [1.82, 2.24) is 0 Å². The van der Waals surface area contributed by atoms with Crippen LogP contribution >= 0.6 is 11.6 Å². The molecule has 0 unspecified atom stereocenters. The first-order valence-corrected chi connectivity index (χ1v) is 8.22.